The third kappa shape index (κ3) is 4.63. The van der Waals surface area contributed by atoms with E-state index in [0.717, 1.165) is 10.5 Å². The quantitative estimate of drug-likeness (QED) is 0.421. The molecule has 8 nitrogen and oxygen atoms in total. The third-order valence-electron chi connectivity index (χ3n) is 4.91. The lowest BCUT2D eigenvalue weighted by Gasteiger charge is -2.19. The number of anilines is 2. The van der Waals surface area contributed by atoms with Gasteiger partial charge in [-0.15, -0.1) is 6.58 Å². The number of aryl methyl sites for hydroxylation is 1. The molecule has 0 radical (unpaired) electrons. The van der Waals surface area contributed by atoms with E-state index in [9.17, 15) is 19.2 Å². The summed E-state index contributed by atoms with van der Waals surface area (Å²) in [6, 6.07) is 11.7. The van der Waals surface area contributed by atoms with Crippen molar-refractivity contribution in [1.82, 2.24) is 4.90 Å². The zero-order valence-corrected chi connectivity index (χ0v) is 17.3. The average molecular weight is 421 g/mol. The van der Waals surface area contributed by atoms with Gasteiger partial charge in [-0.05, 0) is 43.3 Å². The highest BCUT2D eigenvalue weighted by Crippen LogP contribution is 2.27. The number of carbonyl (C=O) groups excluding carboxylic acids is 4. The van der Waals surface area contributed by atoms with Crippen molar-refractivity contribution in [2.24, 2.45) is 0 Å². The number of amides is 4. The summed E-state index contributed by atoms with van der Waals surface area (Å²) in [5, 5.41) is 2.69. The van der Waals surface area contributed by atoms with Gasteiger partial charge in [0.1, 0.15) is 6.04 Å². The highest BCUT2D eigenvalue weighted by Gasteiger charge is 2.46. The largest absolute Gasteiger partial charge is 0.465 e. The van der Waals surface area contributed by atoms with Gasteiger partial charge in [0.05, 0.1) is 24.8 Å². The van der Waals surface area contributed by atoms with Crippen molar-refractivity contribution in [1.29, 1.82) is 0 Å². The van der Waals surface area contributed by atoms with Gasteiger partial charge in [-0.3, -0.25) is 9.59 Å². The Morgan fingerprint density at radius 3 is 2.32 bits per heavy atom. The zero-order chi connectivity index (χ0) is 22.5. The molecule has 0 bridgehead atoms. The number of imide groups is 1. The Bertz CT molecular complexity index is 1010. The van der Waals surface area contributed by atoms with E-state index in [1.54, 1.807) is 24.3 Å². The van der Waals surface area contributed by atoms with Gasteiger partial charge in [-0.25, -0.2) is 14.5 Å². The highest BCUT2D eigenvalue weighted by molar-refractivity contribution is 6.22. The van der Waals surface area contributed by atoms with E-state index in [1.807, 2.05) is 19.1 Å². The minimum Gasteiger partial charge on any atom is -0.465 e. The van der Waals surface area contributed by atoms with Gasteiger partial charge in [-0.1, -0.05) is 23.8 Å². The second-order valence-corrected chi connectivity index (χ2v) is 7.07. The standard InChI is InChI=1S/C23H23N3O5/c1-4-13-25-19(21(28)26(23(25)30)18-11-5-15(2)6-12-18)14-20(27)24-17-9-7-16(8-10-17)22(29)31-3/h4-12,19H,1,13-14H2,2-3H3,(H,24,27)/t19-/m1/s1. The summed E-state index contributed by atoms with van der Waals surface area (Å²) in [4.78, 5) is 52.4. The van der Waals surface area contributed by atoms with E-state index >= 15 is 0 Å². The van der Waals surface area contributed by atoms with Gasteiger partial charge < -0.3 is 15.0 Å². The van der Waals surface area contributed by atoms with E-state index in [-0.39, 0.29) is 13.0 Å². The summed E-state index contributed by atoms with van der Waals surface area (Å²) < 4.78 is 4.64. The maximum atomic E-state index is 13.0. The summed E-state index contributed by atoms with van der Waals surface area (Å²) in [6.07, 6.45) is 1.31. The maximum Gasteiger partial charge on any atom is 0.337 e. The van der Waals surface area contributed by atoms with Crippen LogP contribution in [0.25, 0.3) is 0 Å². The molecular formula is C23H23N3O5. The molecule has 1 saturated heterocycles. The first-order chi connectivity index (χ1) is 14.8. The fourth-order valence-corrected chi connectivity index (χ4v) is 3.31. The van der Waals surface area contributed by atoms with Gasteiger partial charge in [0.15, 0.2) is 0 Å². The van der Waals surface area contributed by atoms with Crippen LogP contribution in [0.4, 0.5) is 16.2 Å². The molecule has 1 atom stereocenters. The Morgan fingerprint density at radius 1 is 1.10 bits per heavy atom. The first-order valence-electron chi connectivity index (χ1n) is 9.66. The predicted octanol–water partition coefficient (Wildman–Crippen LogP) is 3.13. The second kappa shape index (κ2) is 9.25. The number of ether oxygens (including phenoxy) is 1. The Morgan fingerprint density at radius 2 is 1.74 bits per heavy atom. The Balaban J connectivity index is 1.75. The molecular weight excluding hydrogens is 398 g/mol. The fourth-order valence-electron chi connectivity index (χ4n) is 3.31. The Hall–Kier alpha value is -3.94. The third-order valence-corrected chi connectivity index (χ3v) is 4.91. The highest BCUT2D eigenvalue weighted by atomic mass is 16.5. The van der Waals surface area contributed by atoms with Crippen LogP contribution in [0.1, 0.15) is 22.3 Å². The molecule has 0 unspecified atom stereocenters. The number of nitrogens with zero attached hydrogens (tertiary/aromatic N) is 2. The molecule has 1 aliphatic rings. The summed E-state index contributed by atoms with van der Waals surface area (Å²) in [5.41, 5.74) is 2.26. The summed E-state index contributed by atoms with van der Waals surface area (Å²) in [5.74, 6) is -1.38. The summed E-state index contributed by atoms with van der Waals surface area (Å²) in [7, 11) is 1.28. The van der Waals surface area contributed by atoms with Crippen molar-refractivity contribution in [3.63, 3.8) is 0 Å². The molecule has 160 valence electrons. The molecule has 1 N–H and O–H groups in total. The van der Waals surface area contributed by atoms with Crippen LogP contribution in [-0.4, -0.2) is 48.4 Å². The minimum atomic E-state index is -0.943. The molecule has 1 fully saturated rings. The number of nitrogens with one attached hydrogen (secondary N) is 1. The number of hydrogen-bond acceptors (Lipinski definition) is 5. The molecule has 3 rings (SSSR count). The lowest BCUT2D eigenvalue weighted by Crippen LogP contribution is -2.38. The topological polar surface area (TPSA) is 96.0 Å². The first-order valence-corrected chi connectivity index (χ1v) is 9.66. The molecule has 1 heterocycles. The van der Waals surface area contributed by atoms with Gasteiger partial charge >= 0.3 is 12.0 Å². The van der Waals surface area contributed by atoms with Crippen molar-refractivity contribution in [3.05, 3.63) is 72.3 Å². The molecule has 2 aromatic rings. The number of urea groups is 1. The molecule has 0 spiro atoms. The van der Waals surface area contributed by atoms with E-state index in [4.69, 9.17) is 0 Å². The maximum absolute atomic E-state index is 13.0. The van der Waals surface area contributed by atoms with Crippen LogP contribution in [0, 0.1) is 6.92 Å². The molecule has 0 aromatic heterocycles. The van der Waals surface area contributed by atoms with Gasteiger partial charge in [0, 0.05) is 12.2 Å². The van der Waals surface area contributed by atoms with Crippen LogP contribution < -0.4 is 10.2 Å². The van der Waals surface area contributed by atoms with Crippen molar-refractivity contribution >= 4 is 35.2 Å². The molecule has 4 amide bonds. The number of hydrogen-bond donors (Lipinski definition) is 1. The molecule has 0 saturated carbocycles. The van der Waals surface area contributed by atoms with Crippen molar-refractivity contribution in [2.75, 3.05) is 23.9 Å². The zero-order valence-electron chi connectivity index (χ0n) is 17.3. The van der Waals surface area contributed by atoms with Gasteiger partial charge in [0.2, 0.25) is 5.91 Å². The lowest BCUT2D eigenvalue weighted by atomic mass is 10.1. The number of methoxy groups -OCH3 is 1. The number of rotatable bonds is 7. The van der Waals surface area contributed by atoms with Crippen LogP contribution in [0.15, 0.2) is 61.2 Å². The number of carbonyl (C=O) groups is 4. The first kappa shape index (κ1) is 21.8. The monoisotopic (exact) mass is 421 g/mol. The molecule has 8 heteroatoms. The molecule has 1 aliphatic heterocycles. The lowest BCUT2D eigenvalue weighted by molar-refractivity contribution is -0.124. The van der Waals surface area contributed by atoms with Crippen LogP contribution >= 0.6 is 0 Å². The normalized spacial score (nSPS) is 15.7. The number of esters is 1. The van der Waals surface area contributed by atoms with Crippen LogP contribution in [0.5, 0.6) is 0 Å². The fraction of sp³-hybridized carbons (Fsp3) is 0.217. The summed E-state index contributed by atoms with van der Waals surface area (Å²) in [6.45, 7) is 5.69. The molecule has 2 aromatic carbocycles. The van der Waals surface area contributed by atoms with E-state index in [0.29, 0.717) is 16.9 Å². The van der Waals surface area contributed by atoms with Crippen LogP contribution in [0.2, 0.25) is 0 Å². The minimum absolute atomic E-state index is 0.138. The summed E-state index contributed by atoms with van der Waals surface area (Å²) >= 11 is 0. The second-order valence-electron chi connectivity index (χ2n) is 7.07. The van der Waals surface area contributed by atoms with Gasteiger partial charge in [0.25, 0.3) is 5.91 Å². The van der Waals surface area contributed by atoms with Crippen LogP contribution in [-0.2, 0) is 14.3 Å². The van der Waals surface area contributed by atoms with Crippen LogP contribution in [0.3, 0.4) is 0 Å². The van der Waals surface area contributed by atoms with E-state index < -0.39 is 29.9 Å². The predicted molar refractivity (Wildman–Crippen MR) is 116 cm³/mol. The SMILES string of the molecule is C=CCN1C(=O)N(c2ccc(C)cc2)C(=O)[C@H]1CC(=O)Nc1ccc(C(=O)OC)cc1. The molecule has 31 heavy (non-hydrogen) atoms. The van der Waals surface area contributed by atoms with Crippen molar-refractivity contribution in [3.8, 4) is 0 Å². The van der Waals surface area contributed by atoms with E-state index in [1.165, 1.54) is 30.2 Å². The Labute approximate surface area is 180 Å². The van der Waals surface area contributed by atoms with E-state index in [2.05, 4.69) is 16.6 Å². The molecule has 0 aliphatic carbocycles. The van der Waals surface area contributed by atoms with Crippen molar-refractivity contribution < 1.29 is 23.9 Å². The van der Waals surface area contributed by atoms with Gasteiger partial charge in [-0.2, -0.15) is 0 Å². The number of benzene rings is 2. The smallest absolute Gasteiger partial charge is 0.337 e. The average Bonchev–Trinajstić information content (AvgIpc) is 2.98. The van der Waals surface area contributed by atoms with Crippen molar-refractivity contribution in [2.45, 2.75) is 19.4 Å². The Kier molecular flexibility index (Phi) is 6.49.